The Bertz CT molecular complexity index is 414. The van der Waals surface area contributed by atoms with Crippen molar-refractivity contribution in [1.29, 1.82) is 5.26 Å². The maximum atomic E-state index is 12.2. The van der Waals surface area contributed by atoms with Crippen LogP contribution in [-0.4, -0.2) is 12.8 Å². The Labute approximate surface area is 102 Å². The highest BCUT2D eigenvalue weighted by atomic mass is 35.5. The van der Waals surface area contributed by atoms with Crippen molar-refractivity contribution in [1.82, 2.24) is 0 Å². The summed E-state index contributed by atoms with van der Waals surface area (Å²) >= 11 is 5.70. The van der Waals surface area contributed by atoms with Crippen LogP contribution in [0.15, 0.2) is 24.3 Å². The first kappa shape index (κ1) is 13.8. The third-order valence-corrected chi connectivity index (χ3v) is 2.23. The van der Waals surface area contributed by atoms with Crippen molar-refractivity contribution in [3.05, 3.63) is 34.9 Å². The first-order chi connectivity index (χ1) is 7.93. The van der Waals surface area contributed by atoms with Crippen molar-refractivity contribution in [2.24, 2.45) is 5.92 Å². The SMILES string of the molecule is N#CC(COCc1cccc(Cl)c1)C(F)(F)F. The molecule has 0 bridgehead atoms. The number of hydrogen-bond acceptors (Lipinski definition) is 2. The second kappa shape index (κ2) is 5.89. The lowest BCUT2D eigenvalue weighted by molar-refractivity contribution is -0.172. The summed E-state index contributed by atoms with van der Waals surface area (Å²) in [5, 5.41) is 8.82. The fourth-order valence-corrected chi connectivity index (χ4v) is 1.34. The molecule has 0 saturated heterocycles. The quantitative estimate of drug-likeness (QED) is 0.832. The van der Waals surface area contributed by atoms with Crippen LogP contribution >= 0.6 is 11.6 Å². The van der Waals surface area contributed by atoms with Crippen LogP contribution in [0.2, 0.25) is 5.02 Å². The zero-order valence-corrected chi connectivity index (χ0v) is 9.42. The van der Waals surface area contributed by atoms with Gasteiger partial charge >= 0.3 is 6.18 Å². The summed E-state index contributed by atoms with van der Waals surface area (Å²) < 4.78 is 41.4. The molecule has 1 rings (SSSR count). The van der Waals surface area contributed by atoms with Crippen LogP contribution in [0.1, 0.15) is 5.56 Å². The molecule has 0 spiro atoms. The number of hydrogen-bond donors (Lipinski definition) is 0. The Kier molecular flexibility index (Phi) is 4.79. The second-order valence-corrected chi connectivity index (χ2v) is 3.80. The molecule has 0 radical (unpaired) electrons. The van der Waals surface area contributed by atoms with E-state index in [9.17, 15) is 13.2 Å². The van der Waals surface area contributed by atoms with E-state index < -0.39 is 18.7 Å². The first-order valence-corrected chi connectivity index (χ1v) is 5.10. The van der Waals surface area contributed by atoms with E-state index >= 15 is 0 Å². The van der Waals surface area contributed by atoms with E-state index in [0.29, 0.717) is 10.6 Å². The fraction of sp³-hybridized carbons (Fsp3) is 0.364. The highest BCUT2D eigenvalue weighted by Crippen LogP contribution is 2.26. The van der Waals surface area contributed by atoms with Crippen molar-refractivity contribution in [3.63, 3.8) is 0 Å². The monoisotopic (exact) mass is 263 g/mol. The van der Waals surface area contributed by atoms with Gasteiger partial charge in [0.15, 0.2) is 5.92 Å². The number of nitriles is 1. The molecule has 0 aliphatic carbocycles. The van der Waals surface area contributed by atoms with E-state index in [0.717, 1.165) is 6.07 Å². The highest BCUT2D eigenvalue weighted by molar-refractivity contribution is 6.30. The van der Waals surface area contributed by atoms with Crippen LogP contribution in [-0.2, 0) is 11.3 Å². The van der Waals surface area contributed by atoms with Crippen molar-refractivity contribution in [2.45, 2.75) is 12.8 Å². The van der Waals surface area contributed by atoms with Gasteiger partial charge in [0.1, 0.15) is 0 Å². The van der Waals surface area contributed by atoms with E-state index in [-0.39, 0.29) is 6.61 Å². The molecule has 0 amide bonds. The molecule has 17 heavy (non-hydrogen) atoms. The molecule has 92 valence electrons. The lowest BCUT2D eigenvalue weighted by Gasteiger charge is -2.13. The fourth-order valence-electron chi connectivity index (χ4n) is 1.13. The molecule has 0 aliphatic rings. The van der Waals surface area contributed by atoms with Crippen molar-refractivity contribution >= 4 is 11.6 Å². The average molecular weight is 264 g/mol. The first-order valence-electron chi connectivity index (χ1n) is 4.72. The molecule has 0 heterocycles. The number of ether oxygens (including phenoxy) is 1. The predicted octanol–water partition coefficient (Wildman–Crippen LogP) is 3.56. The molecule has 6 heteroatoms. The van der Waals surface area contributed by atoms with E-state index in [1.807, 2.05) is 0 Å². The molecular weight excluding hydrogens is 255 g/mol. The van der Waals surface area contributed by atoms with E-state index in [4.69, 9.17) is 21.6 Å². The van der Waals surface area contributed by atoms with Gasteiger partial charge in [0, 0.05) is 5.02 Å². The minimum atomic E-state index is -4.55. The Morgan fingerprint density at radius 2 is 2.12 bits per heavy atom. The maximum absolute atomic E-state index is 12.2. The molecule has 0 fully saturated rings. The normalized spacial score (nSPS) is 13.1. The van der Waals surface area contributed by atoms with Gasteiger partial charge in [-0.25, -0.2) is 0 Å². The van der Waals surface area contributed by atoms with Gasteiger partial charge in [0.2, 0.25) is 0 Å². The van der Waals surface area contributed by atoms with Gasteiger partial charge in [-0.15, -0.1) is 0 Å². The van der Waals surface area contributed by atoms with Gasteiger partial charge in [-0.2, -0.15) is 18.4 Å². The molecule has 1 aromatic carbocycles. The molecule has 1 aromatic rings. The Morgan fingerprint density at radius 1 is 1.41 bits per heavy atom. The smallest absolute Gasteiger partial charge is 0.375 e. The summed E-state index contributed by atoms with van der Waals surface area (Å²) in [5.41, 5.74) is 0.663. The second-order valence-electron chi connectivity index (χ2n) is 3.37. The summed E-state index contributed by atoms with van der Waals surface area (Å²) in [4.78, 5) is 0. The van der Waals surface area contributed by atoms with Crippen LogP contribution in [0, 0.1) is 17.2 Å². The molecule has 1 unspecified atom stereocenters. The van der Waals surface area contributed by atoms with Crippen LogP contribution in [0.3, 0.4) is 0 Å². The number of rotatable bonds is 4. The minimum Gasteiger partial charge on any atom is -0.375 e. The zero-order valence-electron chi connectivity index (χ0n) is 8.67. The van der Waals surface area contributed by atoms with Crippen LogP contribution in [0.5, 0.6) is 0 Å². The topological polar surface area (TPSA) is 33.0 Å². The summed E-state index contributed by atoms with van der Waals surface area (Å²) in [6.45, 7) is -0.679. The molecule has 0 N–H and O–H groups in total. The Balaban J connectivity index is 2.45. The van der Waals surface area contributed by atoms with Crippen molar-refractivity contribution in [3.8, 4) is 6.07 Å². The van der Waals surface area contributed by atoms with Gasteiger partial charge in [-0.1, -0.05) is 23.7 Å². The minimum absolute atomic E-state index is 0.00514. The molecular formula is C11H9ClF3NO. The highest BCUT2D eigenvalue weighted by Gasteiger charge is 2.39. The number of nitrogens with zero attached hydrogens (tertiary/aromatic N) is 1. The lowest BCUT2D eigenvalue weighted by Crippen LogP contribution is -2.25. The van der Waals surface area contributed by atoms with Crippen LogP contribution < -0.4 is 0 Å². The largest absolute Gasteiger partial charge is 0.406 e. The third-order valence-electron chi connectivity index (χ3n) is 1.99. The summed E-state index contributed by atoms with van der Waals surface area (Å²) in [7, 11) is 0. The van der Waals surface area contributed by atoms with E-state index in [2.05, 4.69) is 0 Å². The molecule has 2 nitrogen and oxygen atoms in total. The lowest BCUT2D eigenvalue weighted by atomic mass is 10.2. The molecule has 0 aromatic heterocycles. The Hall–Kier alpha value is -1.25. The summed E-state index contributed by atoms with van der Waals surface area (Å²) in [6, 6.07) is 7.76. The van der Waals surface area contributed by atoms with E-state index in [1.54, 1.807) is 24.3 Å². The van der Waals surface area contributed by atoms with Gasteiger partial charge in [-0.05, 0) is 17.7 Å². The van der Waals surface area contributed by atoms with Gasteiger partial charge in [0.05, 0.1) is 19.3 Å². The summed E-state index contributed by atoms with van der Waals surface area (Å²) in [6.07, 6.45) is -4.55. The third kappa shape index (κ3) is 4.63. The van der Waals surface area contributed by atoms with Crippen LogP contribution in [0.4, 0.5) is 13.2 Å². The van der Waals surface area contributed by atoms with Crippen molar-refractivity contribution in [2.75, 3.05) is 6.61 Å². The Morgan fingerprint density at radius 3 is 2.65 bits per heavy atom. The maximum Gasteiger partial charge on any atom is 0.406 e. The van der Waals surface area contributed by atoms with Crippen molar-refractivity contribution < 1.29 is 17.9 Å². The number of benzene rings is 1. The number of halogens is 4. The molecule has 1 atom stereocenters. The number of alkyl halides is 3. The van der Waals surface area contributed by atoms with Gasteiger partial charge in [-0.3, -0.25) is 0 Å². The molecule has 0 aliphatic heterocycles. The zero-order chi connectivity index (χ0) is 12.9. The van der Waals surface area contributed by atoms with E-state index in [1.165, 1.54) is 0 Å². The standard InChI is InChI=1S/C11H9ClF3NO/c12-10-3-1-2-8(4-10)6-17-7-9(5-16)11(13,14)15/h1-4,9H,6-7H2. The molecule has 0 saturated carbocycles. The van der Waals surface area contributed by atoms with Crippen LogP contribution in [0.25, 0.3) is 0 Å². The predicted molar refractivity (Wildman–Crippen MR) is 56.3 cm³/mol. The average Bonchev–Trinajstić information content (AvgIpc) is 2.22. The van der Waals surface area contributed by atoms with Gasteiger partial charge in [0.25, 0.3) is 0 Å². The van der Waals surface area contributed by atoms with Gasteiger partial charge < -0.3 is 4.74 Å². The summed E-state index contributed by atoms with van der Waals surface area (Å²) in [5.74, 6) is -2.10.